The summed E-state index contributed by atoms with van der Waals surface area (Å²) in [6, 6.07) is 25.7. The SMILES string of the molecule is COCCN1C(=O)C(Nc2ccc(Br)cc2)=C(C(=O)c2ccccc2)[C@H]1c1ccccc1. The molecule has 1 heterocycles. The molecule has 0 radical (unpaired) electrons. The van der Waals surface area contributed by atoms with Gasteiger partial charge in [-0.2, -0.15) is 0 Å². The van der Waals surface area contributed by atoms with Gasteiger partial charge in [0.2, 0.25) is 0 Å². The lowest BCUT2D eigenvalue weighted by atomic mass is 9.92. The second-order valence-corrected chi connectivity index (χ2v) is 8.34. The third-order valence-electron chi connectivity index (χ3n) is 5.37. The fourth-order valence-corrected chi connectivity index (χ4v) is 4.12. The zero-order valence-electron chi connectivity index (χ0n) is 17.6. The van der Waals surface area contributed by atoms with E-state index in [1.807, 2.05) is 72.8 Å². The van der Waals surface area contributed by atoms with E-state index in [2.05, 4.69) is 21.2 Å². The molecule has 1 atom stereocenters. The summed E-state index contributed by atoms with van der Waals surface area (Å²) >= 11 is 3.43. The molecule has 3 aromatic rings. The summed E-state index contributed by atoms with van der Waals surface area (Å²) in [6.45, 7) is 0.736. The summed E-state index contributed by atoms with van der Waals surface area (Å²) in [7, 11) is 1.60. The van der Waals surface area contributed by atoms with Gasteiger partial charge in [0, 0.05) is 29.4 Å². The van der Waals surface area contributed by atoms with Crippen LogP contribution in [0.3, 0.4) is 0 Å². The molecule has 32 heavy (non-hydrogen) atoms. The molecule has 1 amide bonds. The van der Waals surface area contributed by atoms with Crippen LogP contribution in [0.25, 0.3) is 0 Å². The number of nitrogens with one attached hydrogen (secondary N) is 1. The molecule has 0 bridgehead atoms. The standard InChI is InChI=1S/C26H23BrN2O3/c1-32-17-16-29-24(18-8-4-2-5-9-18)22(25(30)19-10-6-3-7-11-19)23(26(29)31)28-21-14-12-20(27)13-15-21/h2-15,24,28H,16-17H2,1H3/t24-/m1/s1. The number of ketones is 1. The fourth-order valence-electron chi connectivity index (χ4n) is 3.85. The van der Waals surface area contributed by atoms with Gasteiger partial charge in [0.05, 0.1) is 18.2 Å². The molecule has 0 aliphatic carbocycles. The number of carbonyl (C=O) groups excluding carboxylic acids is 2. The van der Waals surface area contributed by atoms with Crippen molar-refractivity contribution in [2.45, 2.75) is 6.04 Å². The lowest BCUT2D eigenvalue weighted by molar-refractivity contribution is -0.127. The fraction of sp³-hybridized carbons (Fsp3) is 0.154. The van der Waals surface area contributed by atoms with Crippen molar-refractivity contribution >= 4 is 33.3 Å². The lowest BCUT2D eigenvalue weighted by Gasteiger charge is -2.26. The lowest BCUT2D eigenvalue weighted by Crippen LogP contribution is -2.34. The quantitative estimate of drug-likeness (QED) is 0.439. The Labute approximate surface area is 195 Å². The van der Waals surface area contributed by atoms with E-state index >= 15 is 0 Å². The Hall–Kier alpha value is -3.22. The number of amides is 1. The number of nitrogens with zero attached hydrogens (tertiary/aromatic N) is 1. The number of halogens is 1. The molecule has 6 heteroatoms. The molecular weight excluding hydrogens is 468 g/mol. The maximum absolute atomic E-state index is 13.7. The number of ether oxygens (including phenoxy) is 1. The van der Waals surface area contributed by atoms with Crippen molar-refractivity contribution in [1.82, 2.24) is 4.90 Å². The van der Waals surface area contributed by atoms with Crippen LogP contribution in [0, 0.1) is 0 Å². The maximum atomic E-state index is 13.7. The highest BCUT2D eigenvalue weighted by molar-refractivity contribution is 9.10. The first-order valence-corrected chi connectivity index (χ1v) is 11.1. The highest BCUT2D eigenvalue weighted by Crippen LogP contribution is 2.40. The van der Waals surface area contributed by atoms with Gasteiger partial charge in [-0.15, -0.1) is 0 Å². The second kappa shape index (κ2) is 9.94. The number of anilines is 1. The van der Waals surface area contributed by atoms with Crippen LogP contribution >= 0.6 is 15.9 Å². The minimum absolute atomic E-state index is 0.174. The van der Waals surface area contributed by atoms with Gasteiger partial charge in [0.25, 0.3) is 5.91 Å². The molecule has 1 aliphatic heterocycles. The van der Waals surface area contributed by atoms with E-state index in [1.54, 1.807) is 24.1 Å². The average molecular weight is 491 g/mol. The first kappa shape index (κ1) is 22.0. The van der Waals surface area contributed by atoms with Crippen LogP contribution in [-0.4, -0.2) is 36.9 Å². The molecule has 0 spiro atoms. The first-order chi connectivity index (χ1) is 15.6. The highest BCUT2D eigenvalue weighted by atomic mass is 79.9. The normalized spacial score (nSPS) is 15.9. The van der Waals surface area contributed by atoms with Crippen LogP contribution in [0.5, 0.6) is 0 Å². The van der Waals surface area contributed by atoms with Crippen LogP contribution in [0.4, 0.5) is 5.69 Å². The van der Waals surface area contributed by atoms with E-state index in [-0.39, 0.29) is 11.7 Å². The Morgan fingerprint density at radius 1 is 0.969 bits per heavy atom. The number of carbonyl (C=O) groups is 2. The van der Waals surface area contributed by atoms with Crippen molar-refractivity contribution in [2.75, 3.05) is 25.6 Å². The first-order valence-electron chi connectivity index (χ1n) is 10.3. The molecule has 0 saturated heterocycles. The van der Waals surface area contributed by atoms with E-state index in [0.29, 0.717) is 30.0 Å². The molecule has 0 aromatic heterocycles. The van der Waals surface area contributed by atoms with Crippen LogP contribution in [0.2, 0.25) is 0 Å². The molecule has 1 aliphatic rings. The van der Waals surface area contributed by atoms with Gasteiger partial charge in [-0.25, -0.2) is 0 Å². The molecular formula is C26H23BrN2O3. The number of rotatable bonds is 8. The van der Waals surface area contributed by atoms with E-state index in [0.717, 1.165) is 15.7 Å². The van der Waals surface area contributed by atoms with Gasteiger partial charge in [-0.3, -0.25) is 9.59 Å². The third kappa shape index (κ3) is 4.52. The molecule has 0 unspecified atom stereocenters. The van der Waals surface area contributed by atoms with Gasteiger partial charge >= 0.3 is 0 Å². The van der Waals surface area contributed by atoms with Crippen molar-refractivity contribution in [3.05, 3.63) is 112 Å². The molecule has 4 rings (SSSR count). The summed E-state index contributed by atoms with van der Waals surface area (Å²) in [6.07, 6.45) is 0. The molecule has 1 N–H and O–H groups in total. The molecule has 0 fully saturated rings. The minimum atomic E-state index is -0.510. The Morgan fingerprint density at radius 3 is 2.22 bits per heavy atom. The summed E-state index contributed by atoms with van der Waals surface area (Å²) in [5.41, 5.74) is 2.89. The highest BCUT2D eigenvalue weighted by Gasteiger charge is 2.43. The number of hydrogen-bond donors (Lipinski definition) is 1. The Morgan fingerprint density at radius 2 is 1.59 bits per heavy atom. The summed E-state index contributed by atoms with van der Waals surface area (Å²) in [4.78, 5) is 29.0. The Kier molecular flexibility index (Phi) is 6.83. The zero-order chi connectivity index (χ0) is 22.5. The predicted octanol–water partition coefficient (Wildman–Crippen LogP) is 5.23. The van der Waals surface area contributed by atoms with Crippen molar-refractivity contribution in [3.63, 3.8) is 0 Å². The largest absolute Gasteiger partial charge is 0.383 e. The van der Waals surface area contributed by atoms with Crippen molar-refractivity contribution < 1.29 is 14.3 Å². The molecule has 0 saturated carbocycles. The van der Waals surface area contributed by atoms with Crippen LogP contribution < -0.4 is 5.32 Å². The number of Topliss-reactive ketones (excluding diaryl/α,β-unsaturated/α-hetero) is 1. The van der Waals surface area contributed by atoms with E-state index in [1.165, 1.54) is 0 Å². The smallest absolute Gasteiger partial charge is 0.271 e. The van der Waals surface area contributed by atoms with Crippen molar-refractivity contribution in [3.8, 4) is 0 Å². The number of methoxy groups -OCH3 is 1. The third-order valence-corrected chi connectivity index (χ3v) is 5.90. The Bertz CT molecular complexity index is 1130. The number of hydrogen-bond acceptors (Lipinski definition) is 4. The summed E-state index contributed by atoms with van der Waals surface area (Å²) < 4.78 is 6.19. The molecule has 5 nitrogen and oxygen atoms in total. The van der Waals surface area contributed by atoms with Gasteiger partial charge in [-0.1, -0.05) is 76.6 Å². The zero-order valence-corrected chi connectivity index (χ0v) is 19.2. The Balaban J connectivity index is 1.86. The van der Waals surface area contributed by atoms with Crippen molar-refractivity contribution in [1.29, 1.82) is 0 Å². The van der Waals surface area contributed by atoms with Gasteiger partial charge in [-0.05, 0) is 29.8 Å². The van der Waals surface area contributed by atoms with Gasteiger partial charge < -0.3 is 15.0 Å². The maximum Gasteiger partial charge on any atom is 0.271 e. The monoisotopic (exact) mass is 490 g/mol. The van der Waals surface area contributed by atoms with Gasteiger partial charge in [0.1, 0.15) is 5.70 Å². The topological polar surface area (TPSA) is 58.6 Å². The predicted molar refractivity (Wildman–Crippen MR) is 128 cm³/mol. The average Bonchev–Trinajstić information content (AvgIpc) is 3.11. The summed E-state index contributed by atoms with van der Waals surface area (Å²) in [5.74, 6) is -0.398. The number of benzene rings is 3. The molecule has 162 valence electrons. The van der Waals surface area contributed by atoms with Gasteiger partial charge in [0.15, 0.2) is 5.78 Å². The van der Waals surface area contributed by atoms with E-state index in [4.69, 9.17) is 4.74 Å². The van der Waals surface area contributed by atoms with Crippen LogP contribution in [0.15, 0.2) is 101 Å². The summed E-state index contributed by atoms with van der Waals surface area (Å²) in [5, 5.41) is 3.23. The minimum Gasteiger partial charge on any atom is -0.383 e. The molecule has 3 aromatic carbocycles. The van der Waals surface area contributed by atoms with E-state index < -0.39 is 6.04 Å². The van der Waals surface area contributed by atoms with Crippen LogP contribution in [-0.2, 0) is 9.53 Å². The van der Waals surface area contributed by atoms with Crippen LogP contribution in [0.1, 0.15) is 22.0 Å². The van der Waals surface area contributed by atoms with Crippen molar-refractivity contribution in [2.24, 2.45) is 0 Å². The second-order valence-electron chi connectivity index (χ2n) is 7.42. The van der Waals surface area contributed by atoms with E-state index in [9.17, 15) is 9.59 Å².